The maximum Gasteiger partial charge on any atom is 0.303 e. The number of hydrogen-bond donors (Lipinski definition) is 1. The van der Waals surface area contributed by atoms with Crippen LogP contribution in [0.15, 0.2) is 16.5 Å². The average Bonchev–Trinajstić information content (AvgIpc) is 2.72. The Morgan fingerprint density at radius 3 is 2.26 bits per heavy atom. The molecule has 1 aromatic rings. The summed E-state index contributed by atoms with van der Waals surface area (Å²) in [7, 11) is 0. The maximum atomic E-state index is 10.6. The van der Waals surface area contributed by atoms with Crippen LogP contribution in [0.4, 0.5) is 5.88 Å². The highest BCUT2D eigenvalue weighted by Gasteiger charge is 2.14. The van der Waals surface area contributed by atoms with Crippen molar-refractivity contribution in [2.75, 3.05) is 18.0 Å². The molecule has 1 heterocycles. The Bertz CT molecular complexity index is 386. The minimum atomic E-state index is -0.792. The van der Waals surface area contributed by atoms with Crippen molar-refractivity contribution in [3.63, 3.8) is 0 Å². The smallest absolute Gasteiger partial charge is 0.303 e. The molecule has 0 saturated carbocycles. The fourth-order valence-electron chi connectivity index (χ4n) is 2.04. The predicted octanol–water partition coefficient (Wildman–Crippen LogP) is 3.42. The van der Waals surface area contributed by atoms with E-state index in [2.05, 4.69) is 32.6 Å². The monoisotopic (exact) mass is 267 g/mol. The van der Waals surface area contributed by atoms with Gasteiger partial charge in [-0.05, 0) is 17.9 Å². The fourth-order valence-corrected chi connectivity index (χ4v) is 2.04. The van der Waals surface area contributed by atoms with E-state index in [0.29, 0.717) is 18.3 Å². The molecule has 0 spiro atoms. The standard InChI is InChI=1S/C15H25NO3/c1-11(2)9-16(10-12(3)4)14-7-5-13(19-14)6-8-15(17)18/h5,7,11-12H,6,8-10H2,1-4H3,(H,17,18). The summed E-state index contributed by atoms with van der Waals surface area (Å²) < 4.78 is 5.76. The van der Waals surface area contributed by atoms with E-state index in [-0.39, 0.29) is 6.42 Å². The van der Waals surface area contributed by atoms with E-state index >= 15 is 0 Å². The van der Waals surface area contributed by atoms with Crippen LogP contribution in [0.25, 0.3) is 0 Å². The van der Waals surface area contributed by atoms with Gasteiger partial charge in [0.1, 0.15) is 5.76 Å². The van der Waals surface area contributed by atoms with Crippen molar-refractivity contribution in [1.29, 1.82) is 0 Å². The highest BCUT2D eigenvalue weighted by Crippen LogP contribution is 2.21. The number of carbonyl (C=O) groups is 1. The second-order valence-corrected chi connectivity index (χ2v) is 5.83. The van der Waals surface area contributed by atoms with Crippen LogP contribution in [-0.2, 0) is 11.2 Å². The molecule has 0 radical (unpaired) electrons. The molecule has 0 aromatic carbocycles. The van der Waals surface area contributed by atoms with Gasteiger partial charge in [-0.3, -0.25) is 4.79 Å². The number of carboxylic acid groups (broad SMARTS) is 1. The van der Waals surface area contributed by atoms with E-state index < -0.39 is 5.97 Å². The first kappa shape index (κ1) is 15.6. The van der Waals surface area contributed by atoms with Gasteiger partial charge in [-0.1, -0.05) is 27.7 Å². The van der Waals surface area contributed by atoms with Crippen LogP contribution in [0.3, 0.4) is 0 Å². The maximum absolute atomic E-state index is 10.6. The van der Waals surface area contributed by atoms with Crippen LogP contribution >= 0.6 is 0 Å². The van der Waals surface area contributed by atoms with Gasteiger partial charge >= 0.3 is 5.97 Å². The average molecular weight is 267 g/mol. The second kappa shape index (κ2) is 7.22. The largest absolute Gasteiger partial charge is 0.481 e. The molecule has 1 aromatic heterocycles. The lowest BCUT2D eigenvalue weighted by molar-refractivity contribution is -0.137. The van der Waals surface area contributed by atoms with Crippen LogP contribution in [0, 0.1) is 11.8 Å². The van der Waals surface area contributed by atoms with Gasteiger partial charge in [0.05, 0.1) is 6.42 Å². The van der Waals surface area contributed by atoms with Crippen molar-refractivity contribution in [3.05, 3.63) is 17.9 Å². The van der Waals surface area contributed by atoms with Crippen molar-refractivity contribution in [2.24, 2.45) is 11.8 Å². The highest BCUT2D eigenvalue weighted by molar-refractivity contribution is 5.66. The summed E-state index contributed by atoms with van der Waals surface area (Å²) in [5.41, 5.74) is 0. The molecule has 0 aliphatic heterocycles. The van der Waals surface area contributed by atoms with Gasteiger partial charge in [-0.25, -0.2) is 0 Å². The van der Waals surface area contributed by atoms with Crippen molar-refractivity contribution in [3.8, 4) is 0 Å². The summed E-state index contributed by atoms with van der Waals surface area (Å²) in [4.78, 5) is 12.8. The van der Waals surface area contributed by atoms with Crippen molar-refractivity contribution >= 4 is 11.9 Å². The molecule has 4 heteroatoms. The van der Waals surface area contributed by atoms with Crippen LogP contribution in [0.1, 0.15) is 39.9 Å². The quantitative estimate of drug-likeness (QED) is 0.784. The van der Waals surface area contributed by atoms with Crippen LogP contribution in [-0.4, -0.2) is 24.2 Å². The van der Waals surface area contributed by atoms with E-state index in [0.717, 1.165) is 24.7 Å². The minimum Gasteiger partial charge on any atom is -0.481 e. The summed E-state index contributed by atoms with van der Waals surface area (Å²) in [5, 5.41) is 8.68. The number of anilines is 1. The number of furan rings is 1. The van der Waals surface area contributed by atoms with E-state index in [1.54, 1.807) is 0 Å². The van der Waals surface area contributed by atoms with Crippen molar-refractivity contribution in [2.45, 2.75) is 40.5 Å². The Morgan fingerprint density at radius 2 is 1.79 bits per heavy atom. The molecule has 0 bridgehead atoms. The molecule has 0 fully saturated rings. The highest BCUT2D eigenvalue weighted by atomic mass is 16.4. The first-order valence-corrected chi connectivity index (χ1v) is 6.94. The van der Waals surface area contributed by atoms with E-state index in [1.807, 2.05) is 12.1 Å². The van der Waals surface area contributed by atoms with Crippen molar-refractivity contribution < 1.29 is 14.3 Å². The number of carboxylic acids is 1. The summed E-state index contributed by atoms with van der Waals surface area (Å²) >= 11 is 0. The molecule has 0 atom stereocenters. The molecule has 1 N–H and O–H groups in total. The molecule has 0 amide bonds. The molecule has 19 heavy (non-hydrogen) atoms. The van der Waals surface area contributed by atoms with Crippen LogP contribution in [0.2, 0.25) is 0 Å². The van der Waals surface area contributed by atoms with E-state index in [1.165, 1.54) is 0 Å². The number of aliphatic carboxylic acids is 1. The third-order valence-corrected chi connectivity index (χ3v) is 2.72. The molecule has 0 aliphatic rings. The first-order valence-electron chi connectivity index (χ1n) is 6.94. The van der Waals surface area contributed by atoms with Gasteiger partial charge in [-0.15, -0.1) is 0 Å². The fraction of sp³-hybridized carbons (Fsp3) is 0.667. The van der Waals surface area contributed by atoms with Crippen LogP contribution in [0.5, 0.6) is 0 Å². The van der Waals surface area contributed by atoms with Crippen LogP contribution < -0.4 is 4.90 Å². The summed E-state index contributed by atoms with van der Waals surface area (Å²) in [5.74, 6) is 1.93. The Balaban J connectivity index is 2.70. The number of nitrogens with zero attached hydrogens (tertiary/aromatic N) is 1. The molecule has 0 saturated heterocycles. The van der Waals surface area contributed by atoms with Gasteiger partial charge in [0.2, 0.25) is 0 Å². The summed E-state index contributed by atoms with van der Waals surface area (Å²) in [6.45, 7) is 10.6. The lowest BCUT2D eigenvalue weighted by Gasteiger charge is -2.25. The topological polar surface area (TPSA) is 53.7 Å². The molecular weight excluding hydrogens is 242 g/mol. The third kappa shape index (κ3) is 5.81. The SMILES string of the molecule is CC(C)CN(CC(C)C)c1ccc(CCC(=O)O)o1. The van der Waals surface area contributed by atoms with Gasteiger partial charge in [0.15, 0.2) is 5.88 Å². The Kier molecular flexibility index (Phi) is 5.93. The normalized spacial score (nSPS) is 11.3. The molecule has 1 rings (SSSR count). The van der Waals surface area contributed by atoms with Gasteiger partial charge in [-0.2, -0.15) is 0 Å². The third-order valence-electron chi connectivity index (χ3n) is 2.72. The predicted molar refractivity (Wildman–Crippen MR) is 76.6 cm³/mol. The lowest BCUT2D eigenvalue weighted by Crippen LogP contribution is -2.30. The first-order chi connectivity index (χ1) is 8.88. The van der Waals surface area contributed by atoms with E-state index in [9.17, 15) is 4.79 Å². The minimum absolute atomic E-state index is 0.112. The molecule has 0 aliphatic carbocycles. The van der Waals surface area contributed by atoms with E-state index in [4.69, 9.17) is 9.52 Å². The lowest BCUT2D eigenvalue weighted by atomic mass is 10.1. The molecular formula is C15H25NO3. The zero-order valence-electron chi connectivity index (χ0n) is 12.3. The van der Waals surface area contributed by atoms with Gasteiger partial charge in [0, 0.05) is 25.6 Å². The zero-order chi connectivity index (χ0) is 14.4. The summed E-state index contributed by atoms with van der Waals surface area (Å²) in [6.07, 6.45) is 0.563. The Morgan fingerprint density at radius 1 is 1.21 bits per heavy atom. The second-order valence-electron chi connectivity index (χ2n) is 5.83. The molecule has 4 nitrogen and oxygen atoms in total. The Labute approximate surface area is 115 Å². The number of hydrogen-bond acceptors (Lipinski definition) is 3. The molecule has 0 unspecified atom stereocenters. The summed E-state index contributed by atoms with van der Waals surface area (Å²) in [6, 6.07) is 3.83. The Hall–Kier alpha value is -1.45. The zero-order valence-corrected chi connectivity index (χ0v) is 12.3. The van der Waals surface area contributed by atoms with Gasteiger partial charge < -0.3 is 14.4 Å². The number of aryl methyl sites for hydroxylation is 1. The van der Waals surface area contributed by atoms with Gasteiger partial charge in [0.25, 0.3) is 0 Å². The van der Waals surface area contributed by atoms with Crippen molar-refractivity contribution in [1.82, 2.24) is 0 Å². The molecule has 108 valence electrons. The number of rotatable bonds is 8.